The maximum Gasteiger partial charge on any atom is 0.164 e. The van der Waals surface area contributed by atoms with Gasteiger partial charge >= 0.3 is 0 Å². The molecule has 0 N–H and O–H groups in total. The second-order valence-electron chi connectivity index (χ2n) is 16.3. The Bertz CT molecular complexity index is 3670. The van der Waals surface area contributed by atoms with Crippen molar-refractivity contribution in [1.82, 2.24) is 15.0 Å². The van der Waals surface area contributed by atoms with Crippen LogP contribution in [0, 0.1) is 5.92 Å². The third kappa shape index (κ3) is 5.10. The van der Waals surface area contributed by atoms with E-state index < -0.39 is 0 Å². The van der Waals surface area contributed by atoms with Gasteiger partial charge in [-0.3, -0.25) is 0 Å². The van der Waals surface area contributed by atoms with Crippen molar-refractivity contribution in [2.75, 3.05) is 0 Å². The molecule has 6 heteroatoms. The molecule has 0 saturated carbocycles. The lowest BCUT2D eigenvalue weighted by molar-refractivity contribution is 0.513. The van der Waals surface area contributed by atoms with Crippen molar-refractivity contribution < 1.29 is 13.3 Å². The number of aryl methyl sites for hydroxylation is 1. The molecule has 0 fully saturated rings. The van der Waals surface area contributed by atoms with Gasteiger partial charge in [-0.1, -0.05) is 104 Å². The summed E-state index contributed by atoms with van der Waals surface area (Å²) >= 11 is 0. The standard InChI is InChI=1S/C54H35N3O3/c1-30-17-23-40-48(25-30)60-47-16-8-13-37(50(40)47)35-28-43(51-39-12-5-7-15-45(39)59-49(51)29-35)54-56-52(33-21-20-32-19-18-31-9-2-3-10-36(31)41(32)26-33)55-53(57-54)34-22-24-46-42(27-34)38-11-4-6-14-44(38)58-46/h3-8,10-24,26-30H,2,9,25H2,1H3. The molecule has 0 saturated heterocycles. The number of rotatable bonds is 4. The van der Waals surface area contributed by atoms with Crippen molar-refractivity contribution in [3.05, 3.63) is 162 Å². The fourth-order valence-corrected chi connectivity index (χ4v) is 9.60. The summed E-state index contributed by atoms with van der Waals surface area (Å²) < 4.78 is 19.4. The van der Waals surface area contributed by atoms with Crippen LogP contribution in [0.2, 0.25) is 0 Å². The predicted octanol–water partition coefficient (Wildman–Crippen LogP) is 14.4. The third-order valence-corrected chi connectivity index (χ3v) is 12.5. The molecule has 0 amide bonds. The minimum Gasteiger partial charge on any atom is -0.460 e. The van der Waals surface area contributed by atoms with Gasteiger partial charge in [-0.15, -0.1) is 0 Å². The molecule has 2 aliphatic rings. The molecule has 0 bridgehead atoms. The zero-order valence-electron chi connectivity index (χ0n) is 32.7. The average molecular weight is 774 g/mol. The fourth-order valence-electron chi connectivity index (χ4n) is 9.60. The Balaban J connectivity index is 1.09. The lowest BCUT2D eigenvalue weighted by atomic mass is 9.91. The van der Waals surface area contributed by atoms with Gasteiger partial charge in [0.15, 0.2) is 17.5 Å². The number of hydrogen-bond donors (Lipinski definition) is 0. The summed E-state index contributed by atoms with van der Waals surface area (Å²) in [5.74, 6) is 3.19. The Hall–Kier alpha value is -7.57. The van der Waals surface area contributed by atoms with Gasteiger partial charge in [0.25, 0.3) is 0 Å². The van der Waals surface area contributed by atoms with Crippen LogP contribution >= 0.6 is 0 Å². The number of aromatic nitrogens is 3. The Kier molecular flexibility index (Phi) is 7.08. The molecule has 13 rings (SSSR count). The van der Waals surface area contributed by atoms with Crippen LogP contribution in [0.4, 0.5) is 0 Å². The molecule has 1 atom stereocenters. The van der Waals surface area contributed by atoms with Crippen molar-refractivity contribution in [3.63, 3.8) is 0 Å². The van der Waals surface area contributed by atoms with Crippen LogP contribution in [0.3, 0.4) is 0 Å². The highest BCUT2D eigenvalue weighted by molar-refractivity contribution is 6.14. The van der Waals surface area contributed by atoms with Gasteiger partial charge in [0, 0.05) is 55.6 Å². The molecular formula is C54H35N3O3. The first-order chi connectivity index (χ1) is 29.6. The molecule has 4 heterocycles. The molecule has 2 aliphatic carbocycles. The zero-order chi connectivity index (χ0) is 39.5. The van der Waals surface area contributed by atoms with Crippen molar-refractivity contribution >= 4 is 77.8 Å². The summed E-state index contributed by atoms with van der Waals surface area (Å²) in [5, 5.41) is 7.51. The van der Waals surface area contributed by atoms with Gasteiger partial charge in [0.05, 0.1) is 0 Å². The Morgan fingerprint density at radius 3 is 2.10 bits per heavy atom. The van der Waals surface area contributed by atoms with Crippen LogP contribution in [0.1, 0.15) is 35.8 Å². The summed E-state index contributed by atoms with van der Waals surface area (Å²) in [6.45, 7) is 2.23. The maximum absolute atomic E-state index is 6.68. The SMILES string of the molecule is CC1C=Cc2c(oc3cccc(-c4cc(-c5nc(-c6ccc7ccc8c(c7c6)C=CCC8)nc(-c6ccc7oc8ccccc8c7c6)n5)c5c(c4)oc4ccccc45)c23)C1. The summed E-state index contributed by atoms with van der Waals surface area (Å²) in [4.78, 5) is 16.0. The van der Waals surface area contributed by atoms with Crippen LogP contribution in [0.5, 0.6) is 0 Å². The second-order valence-corrected chi connectivity index (χ2v) is 16.3. The number of benzene rings is 7. The zero-order valence-corrected chi connectivity index (χ0v) is 32.7. The van der Waals surface area contributed by atoms with Crippen molar-refractivity contribution in [3.8, 4) is 45.3 Å². The number of allylic oxidation sites excluding steroid dienone is 2. The van der Waals surface area contributed by atoms with E-state index in [0.29, 0.717) is 23.4 Å². The van der Waals surface area contributed by atoms with Crippen molar-refractivity contribution in [2.24, 2.45) is 5.92 Å². The van der Waals surface area contributed by atoms with E-state index in [0.717, 1.165) is 113 Å². The number of nitrogens with zero attached hydrogens (tertiary/aromatic N) is 3. The molecule has 11 aromatic rings. The lowest BCUT2D eigenvalue weighted by Gasteiger charge is -2.15. The predicted molar refractivity (Wildman–Crippen MR) is 243 cm³/mol. The van der Waals surface area contributed by atoms with E-state index in [4.69, 9.17) is 28.2 Å². The number of furan rings is 3. The third-order valence-electron chi connectivity index (χ3n) is 12.5. The summed E-state index contributed by atoms with van der Waals surface area (Å²) in [5.41, 5.74) is 12.6. The first-order valence-corrected chi connectivity index (χ1v) is 20.7. The first-order valence-electron chi connectivity index (χ1n) is 20.7. The molecule has 0 aliphatic heterocycles. The van der Waals surface area contributed by atoms with Gasteiger partial charge in [0.2, 0.25) is 0 Å². The Labute approximate surface area is 344 Å². The van der Waals surface area contributed by atoms with Crippen LogP contribution in [0.15, 0.2) is 153 Å². The maximum atomic E-state index is 6.68. The van der Waals surface area contributed by atoms with Crippen LogP contribution in [-0.2, 0) is 12.8 Å². The normalized spacial score (nSPS) is 14.9. The Morgan fingerprint density at radius 2 is 1.22 bits per heavy atom. The van der Waals surface area contributed by atoms with Gasteiger partial charge < -0.3 is 13.3 Å². The van der Waals surface area contributed by atoms with Crippen LogP contribution in [-0.4, -0.2) is 15.0 Å². The first kappa shape index (κ1) is 33.4. The summed E-state index contributed by atoms with van der Waals surface area (Å²) in [6.07, 6.45) is 12.0. The van der Waals surface area contributed by atoms with E-state index in [1.165, 1.54) is 21.9 Å². The highest BCUT2D eigenvalue weighted by Crippen LogP contribution is 2.44. The molecule has 0 radical (unpaired) electrons. The Morgan fingerprint density at radius 1 is 0.500 bits per heavy atom. The number of para-hydroxylation sites is 2. The molecule has 6 nitrogen and oxygen atoms in total. The summed E-state index contributed by atoms with van der Waals surface area (Å²) in [7, 11) is 0. The van der Waals surface area contributed by atoms with Gasteiger partial charge in [0.1, 0.15) is 33.7 Å². The highest BCUT2D eigenvalue weighted by atomic mass is 16.3. The average Bonchev–Trinajstić information content (AvgIpc) is 3.99. The van der Waals surface area contributed by atoms with E-state index in [-0.39, 0.29) is 0 Å². The molecule has 4 aromatic heterocycles. The van der Waals surface area contributed by atoms with E-state index in [9.17, 15) is 0 Å². The van der Waals surface area contributed by atoms with Gasteiger partial charge in [-0.2, -0.15) is 0 Å². The molecule has 60 heavy (non-hydrogen) atoms. The van der Waals surface area contributed by atoms with Crippen molar-refractivity contribution in [1.29, 1.82) is 0 Å². The van der Waals surface area contributed by atoms with Gasteiger partial charge in [-0.25, -0.2) is 15.0 Å². The van der Waals surface area contributed by atoms with E-state index in [1.54, 1.807) is 0 Å². The quantitative estimate of drug-likeness (QED) is 0.177. The van der Waals surface area contributed by atoms with Crippen LogP contribution in [0.25, 0.3) is 123 Å². The minimum atomic E-state index is 0.421. The molecule has 7 aromatic carbocycles. The van der Waals surface area contributed by atoms with E-state index in [2.05, 4.69) is 116 Å². The monoisotopic (exact) mass is 773 g/mol. The summed E-state index contributed by atoms with van der Waals surface area (Å²) in [6, 6.07) is 44.3. The fraction of sp³-hybridized carbons (Fsp3) is 0.0926. The minimum absolute atomic E-state index is 0.421. The molecular weight excluding hydrogens is 739 g/mol. The molecule has 284 valence electrons. The van der Waals surface area contributed by atoms with Crippen LogP contribution < -0.4 is 0 Å². The smallest absolute Gasteiger partial charge is 0.164 e. The highest BCUT2D eigenvalue weighted by Gasteiger charge is 2.24. The number of fused-ring (bicyclic) bond motifs is 12. The van der Waals surface area contributed by atoms with E-state index >= 15 is 0 Å². The topological polar surface area (TPSA) is 78.1 Å². The largest absolute Gasteiger partial charge is 0.460 e. The van der Waals surface area contributed by atoms with Crippen molar-refractivity contribution in [2.45, 2.75) is 26.2 Å². The van der Waals surface area contributed by atoms with E-state index in [1.807, 2.05) is 42.5 Å². The molecule has 1 unspecified atom stereocenters. The lowest BCUT2D eigenvalue weighted by Crippen LogP contribution is -2.01. The number of hydrogen-bond acceptors (Lipinski definition) is 6. The molecule has 0 spiro atoms. The van der Waals surface area contributed by atoms with Gasteiger partial charge in [-0.05, 0) is 106 Å². The second kappa shape index (κ2) is 12.7.